The summed E-state index contributed by atoms with van der Waals surface area (Å²) in [6.07, 6.45) is 0. The Morgan fingerprint density at radius 2 is 1.56 bits per heavy atom. The number of hydrogen-bond donors (Lipinski definition) is 0. The third-order valence-corrected chi connectivity index (χ3v) is 4.27. The summed E-state index contributed by atoms with van der Waals surface area (Å²) in [7, 11) is 0. The molecule has 0 atom stereocenters. The summed E-state index contributed by atoms with van der Waals surface area (Å²) in [5.41, 5.74) is 2.42. The third-order valence-electron chi connectivity index (χ3n) is 2.24. The van der Waals surface area contributed by atoms with Crippen LogP contribution in [0.15, 0.2) is 54.6 Å². The third kappa shape index (κ3) is 3.14. The molecule has 2 aromatic rings. The summed E-state index contributed by atoms with van der Waals surface area (Å²) < 4.78 is 4.74. The van der Waals surface area contributed by atoms with Gasteiger partial charge in [0.05, 0.1) is 0 Å². The van der Waals surface area contributed by atoms with Crippen molar-refractivity contribution in [1.82, 2.24) is 0 Å². The molecule has 0 spiro atoms. The maximum atomic E-state index is 3.34. The van der Waals surface area contributed by atoms with Crippen LogP contribution >= 0.6 is 0 Å². The first kappa shape index (κ1) is 11.3. The Balaban J connectivity index is 2.10. The molecule has 0 amide bonds. The fourth-order valence-corrected chi connectivity index (χ4v) is 2.97. The fraction of sp³-hybridized carbons (Fsp3) is 0.0667. The second-order valence-corrected chi connectivity index (χ2v) is 5.97. The number of hydrogen-bond acceptors (Lipinski definition) is 0. The number of benzene rings is 2. The Kier molecular flexibility index (Phi) is 4.06. The quantitative estimate of drug-likeness (QED) is 0.559. The molecule has 0 aliphatic carbocycles. The van der Waals surface area contributed by atoms with E-state index in [9.17, 15) is 0 Å². The first-order valence-electron chi connectivity index (χ1n) is 5.15. The van der Waals surface area contributed by atoms with Crippen molar-refractivity contribution in [3.63, 3.8) is 0 Å². The molecule has 0 unspecified atom stereocenters. The predicted octanol–water partition coefficient (Wildman–Crippen LogP) is 2.33. The van der Waals surface area contributed by atoms with Gasteiger partial charge in [-0.25, -0.2) is 0 Å². The zero-order valence-corrected chi connectivity index (χ0v) is 11.4. The first-order chi connectivity index (χ1) is 7.86. The van der Waals surface area contributed by atoms with Crippen LogP contribution in [-0.4, -0.2) is 20.9 Å². The van der Waals surface area contributed by atoms with Crippen LogP contribution in [0.1, 0.15) is 11.1 Å². The summed E-state index contributed by atoms with van der Waals surface area (Å²) in [6, 6.07) is 18.8. The summed E-state index contributed by atoms with van der Waals surface area (Å²) in [4.78, 5) is 0. The molecule has 0 nitrogen and oxygen atoms in total. The van der Waals surface area contributed by atoms with Crippen LogP contribution in [-0.2, 0) is 0 Å². The van der Waals surface area contributed by atoms with Crippen LogP contribution in [0, 0.1) is 16.8 Å². The first-order valence-corrected chi connectivity index (χ1v) is 7.48. The molecule has 0 aliphatic rings. The van der Waals surface area contributed by atoms with Gasteiger partial charge in [-0.2, -0.15) is 0 Å². The molecule has 16 heavy (non-hydrogen) atoms. The van der Waals surface area contributed by atoms with Gasteiger partial charge in [-0.1, -0.05) is 0 Å². The van der Waals surface area contributed by atoms with Gasteiger partial charge in [0.15, 0.2) is 0 Å². The van der Waals surface area contributed by atoms with E-state index in [0.717, 1.165) is 5.56 Å². The van der Waals surface area contributed by atoms with Crippen molar-refractivity contribution < 1.29 is 0 Å². The van der Waals surface area contributed by atoms with Crippen molar-refractivity contribution in [2.75, 3.05) is 0 Å². The van der Waals surface area contributed by atoms with Crippen LogP contribution in [0.3, 0.4) is 0 Å². The van der Waals surface area contributed by atoms with Crippen molar-refractivity contribution in [2.24, 2.45) is 0 Å². The SMILES string of the molecule is Cc1ccccc1C#C[Te]c1ccccc1. The van der Waals surface area contributed by atoms with Crippen molar-refractivity contribution >= 4 is 24.5 Å². The van der Waals surface area contributed by atoms with Crippen LogP contribution in [0.4, 0.5) is 0 Å². The second kappa shape index (κ2) is 5.76. The van der Waals surface area contributed by atoms with Gasteiger partial charge < -0.3 is 0 Å². The van der Waals surface area contributed by atoms with Gasteiger partial charge in [-0.05, 0) is 0 Å². The van der Waals surface area contributed by atoms with Crippen molar-refractivity contribution in [1.29, 1.82) is 0 Å². The van der Waals surface area contributed by atoms with E-state index in [1.165, 1.54) is 9.17 Å². The monoisotopic (exact) mass is 322 g/mol. The van der Waals surface area contributed by atoms with E-state index in [2.05, 4.69) is 59.3 Å². The molecule has 0 radical (unpaired) electrons. The standard InChI is InChI=1S/C15H12Te/c1-13-7-5-6-8-14(13)11-12-16-15-9-3-2-4-10-15/h2-10H,1H3. The fourth-order valence-electron chi connectivity index (χ4n) is 1.34. The van der Waals surface area contributed by atoms with Crippen LogP contribution < -0.4 is 3.61 Å². The van der Waals surface area contributed by atoms with Gasteiger partial charge >= 0.3 is 107 Å². The Hall–Kier alpha value is -1.21. The zero-order valence-electron chi connectivity index (χ0n) is 9.10. The van der Waals surface area contributed by atoms with Gasteiger partial charge in [0.25, 0.3) is 0 Å². The molecular formula is C15H12Te. The molecular weight excluding hydrogens is 308 g/mol. The van der Waals surface area contributed by atoms with E-state index in [0.29, 0.717) is 0 Å². The second-order valence-electron chi connectivity index (χ2n) is 3.46. The van der Waals surface area contributed by atoms with Crippen molar-refractivity contribution in [3.8, 4) is 9.89 Å². The zero-order chi connectivity index (χ0) is 11.2. The topological polar surface area (TPSA) is 0 Å². The molecule has 0 aromatic heterocycles. The average molecular weight is 320 g/mol. The molecule has 0 heterocycles. The summed E-state index contributed by atoms with van der Waals surface area (Å²) >= 11 is -0.353. The number of aryl methyl sites for hydroxylation is 1. The summed E-state index contributed by atoms with van der Waals surface area (Å²) in [5, 5.41) is 0. The molecule has 0 saturated heterocycles. The molecule has 0 bridgehead atoms. The normalized spacial score (nSPS) is 9.31. The van der Waals surface area contributed by atoms with E-state index in [4.69, 9.17) is 0 Å². The molecule has 1 heteroatoms. The predicted molar refractivity (Wildman–Crippen MR) is 69.9 cm³/mol. The Morgan fingerprint density at radius 1 is 0.875 bits per heavy atom. The van der Waals surface area contributed by atoms with Crippen molar-refractivity contribution in [2.45, 2.75) is 6.92 Å². The van der Waals surface area contributed by atoms with Gasteiger partial charge in [-0.3, -0.25) is 0 Å². The van der Waals surface area contributed by atoms with Gasteiger partial charge in [-0.15, -0.1) is 0 Å². The molecule has 2 rings (SSSR count). The van der Waals surface area contributed by atoms with E-state index >= 15 is 0 Å². The molecule has 0 saturated carbocycles. The van der Waals surface area contributed by atoms with E-state index < -0.39 is 0 Å². The Morgan fingerprint density at radius 3 is 2.31 bits per heavy atom. The van der Waals surface area contributed by atoms with Crippen LogP contribution in [0.2, 0.25) is 0 Å². The van der Waals surface area contributed by atoms with Crippen LogP contribution in [0.5, 0.6) is 0 Å². The Labute approximate surface area is 107 Å². The number of rotatable bonds is 1. The maximum absolute atomic E-state index is 3.34. The average Bonchev–Trinajstić information content (AvgIpc) is 2.33. The Bertz CT molecular complexity index is 518. The van der Waals surface area contributed by atoms with E-state index in [-0.39, 0.29) is 20.9 Å². The summed E-state index contributed by atoms with van der Waals surface area (Å²) in [5.74, 6) is 3.27. The minimum atomic E-state index is -0.353. The minimum absolute atomic E-state index is 0.353. The molecule has 0 aliphatic heterocycles. The van der Waals surface area contributed by atoms with Crippen LogP contribution in [0.25, 0.3) is 0 Å². The molecule has 0 N–H and O–H groups in total. The van der Waals surface area contributed by atoms with E-state index in [1.54, 1.807) is 0 Å². The van der Waals surface area contributed by atoms with E-state index in [1.807, 2.05) is 12.1 Å². The molecule has 0 fully saturated rings. The van der Waals surface area contributed by atoms with Crippen molar-refractivity contribution in [3.05, 3.63) is 65.7 Å². The van der Waals surface area contributed by atoms with Gasteiger partial charge in [0, 0.05) is 0 Å². The summed E-state index contributed by atoms with van der Waals surface area (Å²) in [6.45, 7) is 2.10. The molecule has 78 valence electrons. The van der Waals surface area contributed by atoms with Gasteiger partial charge in [0.1, 0.15) is 0 Å². The van der Waals surface area contributed by atoms with Gasteiger partial charge in [0.2, 0.25) is 0 Å². The molecule has 2 aromatic carbocycles.